The molecule has 0 unspecified atom stereocenters. The fourth-order valence-electron chi connectivity index (χ4n) is 6.80. The van der Waals surface area contributed by atoms with Crippen LogP contribution < -0.4 is 14.5 Å². The van der Waals surface area contributed by atoms with Gasteiger partial charge in [0.25, 0.3) is 0 Å². The molecular weight excluding hydrogens is 406 g/mol. The van der Waals surface area contributed by atoms with Crippen molar-refractivity contribution >= 4 is 10.3 Å². The molecule has 2 saturated carbocycles. The Hall–Kier alpha value is -1.35. The van der Waals surface area contributed by atoms with Crippen LogP contribution >= 0.6 is 0 Å². The first kappa shape index (κ1) is 21.9. The minimum atomic E-state index is -4.50. The first-order valence-corrected chi connectivity index (χ1v) is 12.5. The third kappa shape index (κ3) is 3.95. The Kier molecular flexibility index (Phi) is 6.05. The fourth-order valence-corrected chi connectivity index (χ4v) is 7.00. The zero-order chi connectivity index (χ0) is 21.5. The van der Waals surface area contributed by atoms with Crippen LogP contribution in [0, 0.1) is 23.2 Å². The van der Waals surface area contributed by atoms with E-state index in [4.69, 9.17) is 19.2 Å². The standard InChI is InChI=1S/C22H33NO6S/c1-3-15-5-7-19-17-6-4-14-12-21(29-23-30(25,26)27)20(28-11-10-24)13-18(14)16(17)8-9-22(15,19)2/h12-13,15-17,19,23-24H,3-11H2,1-2H3,(H,25,26,27)/t15-,16-,17+,19-,22+/m0/s1. The molecule has 0 aliphatic heterocycles. The van der Waals surface area contributed by atoms with Gasteiger partial charge >= 0.3 is 10.3 Å². The van der Waals surface area contributed by atoms with Crippen molar-refractivity contribution in [3.63, 3.8) is 0 Å². The second-order valence-electron chi connectivity index (χ2n) is 9.37. The first-order valence-electron chi connectivity index (χ1n) is 11.1. The quantitative estimate of drug-likeness (QED) is 0.443. The van der Waals surface area contributed by atoms with Crippen LogP contribution in [0.3, 0.4) is 0 Å². The van der Waals surface area contributed by atoms with Crippen molar-refractivity contribution in [3.05, 3.63) is 23.3 Å². The molecule has 4 rings (SSSR count). The molecule has 1 aromatic rings. The lowest BCUT2D eigenvalue weighted by Gasteiger charge is -2.51. The number of benzene rings is 1. The zero-order valence-electron chi connectivity index (χ0n) is 17.8. The van der Waals surface area contributed by atoms with E-state index in [2.05, 4.69) is 13.8 Å². The number of aryl methyl sites for hydroxylation is 1. The molecular formula is C22H33NO6S. The minimum absolute atomic E-state index is 0.0774. The summed E-state index contributed by atoms with van der Waals surface area (Å²) in [5.74, 6) is 3.31. The predicted molar refractivity (Wildman–Crippen MR) is 113 cm³/mol. The summed E-state index contributed by atoms with van der Waals surface area (Å²) in [4.78, 5) is 6.77. The average Bonchev–Trinajstić information content (AvgIpc) is 3.05. The Morgan fingerprint density at radius 2 is 2.00 bits per heavy atom. The van der Waals surface area contributed by atoms with E-state index in [0.717, 1.165) is 36.7 Å². The molecule has 3 aliphatic carbocycles. The summed E-state index contributed by atoms with van der Waals surface area (Å²) >= 11 is 0. The van der Waals surface area contributed by atoms with Gasteiger partial charge in [-0.3, -0.25) is 4.55 Å². The normalized spacial score (nSPS) is 32.8. The predicted octanol–water partition coefficient (Wildman–Crippen LogP) is 3.63. The van der Waals surface area contributed by atoms with Gasteiger partial charge in [0.2, 0.25) is 0 Å². The van der Waals surface area contributed by atoms with E-state index in [-0.39, 0.29) is 19.0 Å². The highest BCUT2D eigenvalue weighted by Gasteiger charge is 2.54. The van der Waals surface area contributed by atoms with Gasteiger partial charge in [0.15, 0.2) is 11.5 Å². The SMILES string of the molecule is CC[C@H]1CC[C@H]2[C@@H]3CCc4cc(ONS(=O)(=O)O)c(OCCO)cc4[C@H]3CC[C@]12C. The van der Waals surface area contributed by atoms with Crippen LogP contribution in [-0.2, 0) is 16.7 Å². The number of aliphatic hydroxyl groups excluding tert-OH is 1. The van der Waals surface area contributed by atoms with Crippen LogP contribution in [-0.4, -0.2) is 31.3 Å². The van der Waals surface area contributed by atoms with Crippen molar-refractivity contribution < 1.29 is 27.7 Å². The van der Waals surface area contributed by atoms with Crippen molar-refractivity contribution in [2.24, 2.45) is 23.2 Å². The Morgan fingerprint density at radius 3 is 2.70 bits per heavy atom. The van der Waals surface area contributed by atoms with Gasteiger partial charge in [0.05, 0.1) is 6.61 Å². The van der Waals surface area contributed by atoms with Crippen molar-refractivity contribution in [2.75, 3.05) is 13.2 Å². The van der Waals surface area contributed by atoms with Crippen molar-refractivity contribution in [1.29, 1.82) is 0 Å². The summed E-state index contributed by atoms with van der Waals surface area (Å²) in [6.07, 6.45) is 8.38. The van der Waals surface area contributed by atoms with E-state index in [9.17, 15) is 8.42 Å². The molecule has 0 aromatic heterocycles. The van der Waals surface area contributed by atoms with E-state index in [1.54, 1.807) is 4.89 Å². The molecule has 0 amide bonds. The Bertz CT molecular complexity index is 888. The fraction of sp³-hybridized carbons (Fsp3) is 0.727. The maximum Gasteiger partial charge on any atom is 0.364 e. The van der Waals surface area contributed by atoms with E-state index >= 15 is 0 Å². The molecule has 168 valence electrons. The zero-order valence-corrected chi connectivity index (χ0v) is 18.6. The lowest BCUT2D eigenvalue weighted by molar-refractivity contribution is 0.0272. The summed E-state index contributed by atoms with van der Waals surface area (Å²) in [7, 11) is -4.50. The van der Waals surface area contributed by atoms with Gasteiger partial charge in [-0.1, -0.05) is 20.3 Å². The number of nitrogens with one attached hydrogen (secondary N) is 1. The monoisotopic (exact) mass is 439 g/mol. The lowest BCUT2D eigenvalue weighted by Crippen LogP contribution is -2.42. The van der Waals surface area contributed by atoms with Gasteiger partial charge in [-0.05, 0) is 95.8 Å². The highest BCUT2D eigenvalue weighted by molar-refractivity contribution is 7.83. The maximum absolute atomic E-state index is 11.0. The Labute approximate surface area is 179 Å². The molecule has 7 nitrogen and oxygen atoms in total. The van der Waals surface area contributed by atoms with Crippen LogP contribution in [0.15, 0.2) is 12.1 Å². The molecule has 2 fully saturated rings. The van der Waals surface area contributed by atoms with Gasteiger partial charge in [-0.2, -0.15) is 8.42 Å². The molecule has 3 N–H and O–H groups in total. The third-order valence-corrected chi connectivity index (χ3v) is 8.38. The minimum Gasteiger partial charge on any atom is -0.487 e. The highest BCUT2D eigenvalue weighted by Crippen LogP contribution is 2.63. The number of hydrogen-bond donors (Lipinski definition) is 3. The van der Waals surface area contributed by atoms with Gasteiger partial charge in [0, 0.05) is 0 Å². The maximum atomic E-state index is 11.0. The van der Waals surface area contributed by atoms with Crippen molar-refractivity contribution in [3.8, 4) is 11.5 Å². The Morgan fingerprint density at radius 1 is 1.20 bits per heavy atom. The highest BCUT2D eigenvalue weighted by atomic mass is 32.2. The van der Waals surface area contributed by atoms with Gasteiger partial charge in [0.1, 0.15) is 6.61 Å². The van der Waals surface area contributed by atoms with Crippen molar-refractivity contribution in [1.82, 2.24) is 4.89 Å². The lowest BCUT2D eigenvalue weighted by atomic mass is 9.54. The number of rotatable bonds is 7. The van der Waals surface area contributed by atoms with E-state index in [0.29, 0.717) is 23.0 Å². The summed E-state index contributed by atoms with van der Waals surface area (Å²) in [6.45, 7) is 4.76. The largest absolute Gasteiger partial charge is 0.487 e. The summed E-state index contributed by atoms with van der Waals surface area (Å²) in [6, 6.07) is 3.77. The van der Waals surface area contributed by atoms with Crippen molar-refractivity contribution in [2.45, 2.75) is 64.7 Å². The summed E-state index contributed by atoms with van der Waals surface area (Å²) in [5, 5.41) is 9.17. The molecule has 3 aliphatic rings. The van der Waals surface area contributed by atoms with E-state index in [1.165, 1.54) is 31.2 Å². The first-order chi connectivity index (χ1) is 14.3. The van der Waals surface area contributed by atoms with Crippen LogP contribution in [0.4, 0.5) is 0 Å². The molecule has 5 atom stereocenters. The molecule has 0 radical (unpaired) electrons. The molecule has 0 bridgehead atoms. The molecule has 0 saturated heterocycles. The smallest absolute Gasteiger partial charge is 0.364 e. The summed E-state index contributed by atoms with van der Waals surface area (Å²) in [5.41, 5.74) is 2.86. The average molecular weight is 440 g/mol. The number of fused-ring (bicyclic) bond motifs is 5. The van der Waals surface area contributed by atoms with Gasteiger partial charge < -0.3 is 14.7 Å². The number of aliphatic hydroxyl groups is 1. The van der Waals surface area contributed by atoms with Crippen LogP contribution in [0.2, 0.25) is 0 Å². The number of hydrogen-bond acceptors (Lipinski definition) is 5. The molecule has 8 heteroatoms. The topological polar surface area (TPSA) is 105 Å². The van der Waals surface area contributed by atoms with E-state index in [1.807, 2.05) is 12.1 Å². The second-order valence-corrected chi connectivity index (χ2v) is 10.5. The molecule has 1 aromatic carbocycles. The summed E-state index contributed by atoms with van der Waals surface area (Å²) < 4.78 is 36.7. The molecule has 30 heavy (non-hydrogen) atoms. The van der Waals surface area contributed by atoms with Crippen LogP contribution in [0.1, 0.15) is 69.4 Å². The van der Waals surface area contributed by atoms with Gasteiger partial charge in [-0.25, -0.2) is 0 Å². The van der Waals surface area contributed by atoms with Gasteiger partial charge in [-0.15, -0.1) is 0 Å². The second kappa shape index (κ2) is 8.30. The third-order valence-electron chi connectivity index (χ3n) is 8.08. The molecule has 0 spiro atoms. The molecule has 0 heterocycles. The van der Waals surface area contributed by atoms with Crippen LogP contribution in [0.5, 0.6) is 11.5 Å². The Balaban J connectivity index is 1.64. The van der Waals surface area contributed by atoms with Crippen LogP contribution in [0.25, 0.3) is 0 Å². The van der Waals surface area contributed by atoms with E-state index < -0.39 is 10.3 Å². The number of ether oxygens (including phenoxy) is 1.